The fourth-order valence-electron chi connectivity index (χ4n) is 3.82. The summed E-state index contributed by atoms with van der Waals surface area (Å²) in [6.07, 6.45) is 6.44. The molecule has 0 bridgehead atoms. The molecule has 5 rings (SSSR count). The number of hydrogen-bond acceptors (Lipinski definition) is 6. The van der Waals surface area contributed by atoms with Crippen molar-refractivity contribution in [2.75, 3.05) is 32.6 Å². The van der Waals surface area contributed by atoms with Crippen LogP contribution in [0.1, 0.15) is 10.4 Å². The smallest absolute Gasteiger partial charge is 0.254 e. The lowest BCUT2D eigenvalue weighted by atomic mass is 10.1. The van der Waals surface area contributed by atoms with Crippen LogP contribution in [0.5, 0.6) is 0 Å². The zero-order valence-electron chi connectivity index (χ0n) is 17.8. The van der Waals surface area contributed by atoms with Crippen LogP contribution in [0.3, 0.4) is 0 Å². The second-order valence-corrected chi connectivity index (χ2v) is 8.92. The van der Waals surface area contributed by atoms with Crippen LogP contribution in [-0.2, 0) is 15.5 Å². The van der Waals surface area contributed by atoms with Crippen molar-refractivity contribution < 1.29 is 18.1 Å². The number of halogens is 1. The van der Waals surface area contributed by atoms with E-state index in [4.69, 9.17) is 4.74 Å². The van der Waals surface area contributed by atoms with E-state index in [0.29, 0.717) is 59.5 Å². The van der Waals surface area contributed by atoms with Gasteiger partial charge in [0, 0.05) is 54.4 Å². The predicted octanol–water partition coefficient (Wildman–Crippen LogP) is 2.83. The van der Waals surface area contributed by atoms with Crippen molar-refractivity contribution in [2.24, 2.45) is 0 Å². The van der Waals surface area contributed by atoms with E-state index in [2.05, 4.69) is 15.0 Å². The maximum absolute atomic E-state index is 13.5. The summed E-state index contributed by atoms with van der Waals surface area (Å²) in [5.41, 5.74) is 2.19. The molecule has 0 radical (unpaired) electrons. The van der Waals surface area contributed by atoms with E-state index in [-0.39, 0.29) is 5.91 Å². The Morgan fingerprint density at radius 1 is 1.12 bits per heavy atom. The summed E-state index contributed by atoms with van der Waals surface area (Å²) >= 11 is 0. The van der Waals surface area contributed by atoms with E-state index >= 15 is 0 Å². The van der Waals surface area contributed by atoms with Gasteiger partial charge in [-0.2, -0.15) is 4.39 Å². The quantitative estimate of drug-likeness (QED) is 0.431. The molecule has 33 heavy (non-hydrogen) atoms. The Labute approximate surface area is 191 Å². The minimum absolute atomic E-state index is 0.0828. The molecule has 4 heterocycles. The first-order valence-corrected chi connectivity index (χ1v) is 11.9. The van der Waals surface area contributed by atoms with Crippen LogP contribution in [0.25, 0.3) is 28.1 Å². The number of aromatic nitrogens is 4. The molecule has 1 saturated heterocycles. The van der Waals surface area contributed by atoms with Gasteiger partial charge in [0.25, 0.3) is 5.91 Å². The molecule has 1 aliphatic rings. The minimum atomic E-state index is -1.25. The first kappa shape index (κ1) is 21.4. The number of morpholine rings is 1. The molecule has 1 atom stereocenters. The molecular weight excluding hydrogens is 445 g/mol. The highest BCUT2D eigenvalue weighted by Gasteiger charge is 2.21. The van der Waals surface area contributed by atoms with E-state index in [1.807, 2.05) is 0 Å². The average molecular weight is 466 g/mol. The molecule has 0 N–H and O–H groups in total. The predicted molar refractivity (Wildman–Crippen MR) is 121 cm³/mol. The van der Waals surface area contributed by atoms with Crippen LogP contribution in [0.4, 0.5) is 4.39 Å². The number of carbonyl (C=O) groups excluding carboxylic acids is 1. The molecule has 1 unspecified atom stereocenters. The number of benzene rings is 1. The first-order valence-electron chi connectivity index (χ1n) is 10.3. The van der Waals surface area contributed by atoms with Gasteiger partial charge in [0.15, 0.2) is 0 Å². The molecule has 8 nitrogen and oxygen atoms in total. The Morgan fingerprint density at radius 3 is 2.58 bits per heavy atom. The highest BCUT2D eigenvalue weighted by atomic mass is 32.2. The number of hydrogen-bond donors (Lipinski definition) is 0. The van der Waals surface area contributed by atoms with E-state index < -0.39 is 16.7 Å². The highest BCUT2D eigenvalue weighted by Crippen LogP contribution is 2.28. The fraction of sp³-hybridized carbons (Fsp3) is 0.217. The molecule has 0 aliphatic carbocycles. The van der Waals surface area contributed by atoms with Gasteiger partial charge in [0.2, 0.25) is 11.9 Å². The van der Waals surface area contributed by atoms with Gasteiger partial charge in [-0.1, -0.05) is 12.1 Å². The van der Waals surface area contributed by atoms with Crippen molar-refractivity contribution >= 4 is 27.6 Å². The van der Waals surface area contributed by atoms with E-state index in [1.165, 1.54) is 6.07 Å². The third kappa shape index (κ3) is 4.14. The number of nitrogens with zero attached hydrogens (tertiary/aromatic N) is 5. The van der Waals surface area contributed by atoms with E-state index in [0.717, 1.165) is 5.39 Å². The lowest BCUT2D eigenvalue weighted by molar-refractivity contribution is 0.0303. The first-order chi connectivity index (χ1) is 16.0. The molecule has 4 aromatic rings. The van der Waals surface area contributed by atoms with Crippen LogP contribution in [-0.4, -0.2) is 67.1 Å². The van der Waals surface area contributed by atoms with Gasteiger partial charge in [-0.25, -0.2) is 15.0 Å². The topological polar surface area (TPSA) is 90.2 Å². The van der Waals surface area contributed by atoms with Crippen molar-refractivity contribution in [1.29, 1.82) is 0 Å². The standard InChI is InChI=1S/C23H20FN5O3S/c1-33(31)20-14-29(23-25-12-16(13-26-23)18-3-2-4-21(24)27-18)19-11-15(5-6-17(19)20)22(30)28-7-9-32-10-8-28/h2-6,11-14H,7-10H2,1H3. The molecule has 1 aromatic carbocycles. The van der Waals surface area contributed by atoms with Crippen LogP contribution in [0.15, 0.2) is 59.9 Å². The number of fused-ring (bicyclic) bond motifs is 1. The summed E-state index contributed by atoms with van der Waals surface area (Å²) in [6.45, 7) is 2.12. The zero-order valence-corrected chi connectivity index (χ0v) is 18.6. The number of carbonyl (C=O) groups is 1. The van der Waals surface area contributed by atoms with Crippen molar-refractivity contribution in [3.05, 3.63) is 66.5 Å². The Morgan fingerprint density at radius 2 is 1.88 bits per heavy atom. The molecule has 1 aliphatic heterocycles. The molecule has 1 fully saturated rings. The summed E-state index contributed by atoms with van der Waals surface area (Å²) < 4.78 is 32.9. The average Bonchev–Trinajstić information content (AvgIpc) is 3.23. The maximum atomic E-state index is 13.5. The number of ether oxygens (including phenoxy) is 1. The normalized spacial score (nSPS) is 15.0. The molecular formula is C23H20FN5O3S. The van der Waals surface area contributed by atoms with Gasteiger partial charge >= 0.3 is 0 Å². The third-order valence-corrected chi connectivity index (χ3v) is 6.43. The number of pyridine rings is 1. The van der Waals surface area contributed by atoms with E-state index in [9.17, 15) is 13.4 Å². The lowest BCUT2D eigenvalue weighted by Gasteiger charge is -2.26. The van der Waals surface area contributed by atoms with Gasteiger partial charge in [0.1, 0.15) is 0 Å². The van der Waals surface area contributed by atoms with Crippen LogP contribution >= 0.6 is 0 Å². The molecule has 0 spiro atoms. The van der Waals surface area contributed by atoms with Gasteiger partial charge in [0.05, 0.1) is 40.1 Å². The van der Waals surface area contributed by atoms with Crippen LogP contribution in [0.2, 0.25) is 0 Å². The fourth-order valence-corrected chi connectivity index (χ4v) is 4.56. The largest absolute Gasteiger partial charge is 0.378 e. The van der Waals surface area contributed by atoms with Crippen LogP contribution < -0.4 is 0 Å². The van der Waals surface area contributed by atoms with Gasteiger partial charge in [-0.05, 0) is 24.3 Å². The summed E-state index contributed by atoms with van der Waals surface area (Å²) in [7, 11) is -1.25. The van der Waals surface area contributed by atoms with Gasteiger partial charge in [-0.15, -0.1) is 0 Å². The molecule has 1 amide bonds. The van der Waals surface area contributed by atoms with Crippen LogP contribution in [0, 0.1) is 5.95 Å². The van der Waals surface area contributed by atoms with Gasteiger partial charge < -0.3 is 9.64 Å². The van der Waals surface area contributed by atoms with Crippen molar-refractivity contribution in [3.8, 4) is 17.2 Å². The Bertz CT molecular complexity index is 1370. The third-order valence-electron chi connectivity index (χ3n) is 5.49. The van der Waals surface area contributed by atoms with Crippen molar-refractivity contribution in [2.45, 2.75) is 4.90 Å². The lowest BCUT2D eigenvalue weighted by Crippen LogP contribution is -2.40. The monoisotopic (exact) mass is 465 g/mol. The zero-order chi connectivity index (χ0) is 22.9. The number of amides is 1. The van der Waals surface area contributed by atoms with Crippen molar-refractivity contribution in [1.82, 2.24) is 24.4 Å². The Hall–Kier alpha value is -3.50. The Kier molecular flexibility index (Phi) is 5.69. The summed E-state index contributed by atoms with van der Waals surface area (Å²) in [5.74, 6) is -0.325. The summed E-state index contributed by atoms with van der Waals surface area (Å²) in [4.78, 5) is 28.1. The minimum Gasteiger partial charge on any atom is -0.378 e. The summed E-state index contributed by atoms with van der Waals surface area (Å²) in [5, 5.41) is 0.758. The maximum Gasteiger partial charge on any atom is 0.254 e. The van der Waals surface area contributed by atoms with Crippen molar-refractivity contribution in [3.63, 3.8) is 0 Å². The molecule has 0 saturated carbocycles. The second kappa shape index (κ2) is 8.80. The highest BCUT2D eigenvalue weighted by molar-refractivity contribution is 7.84. The Balaban J connectivity index is 1.56. The summed E-state index contributed by atoms with van der Waals surface area (Å²) in [6, 6.07) is 9.85. The molecule has 3 aromatic heterocycles. The van der Waals surface area contributed by atoms with E-state index in [1.54, 1.807) is 64.6 Å². The molecule has 168 valence electrons. The SMILES string of the molecule is CS(=O)c1cn(-c2ncc(-c3cccc(F)n3)cn2)c2cc(C(=O)N3CCOCC3)ccc12. The number of rotatable bonds is 4. The second-order valence-electron chi connectivity index (χ2n) is 7.57. The van der Waals surface area contributed by atoms with Gasteiger partial charge in [-0.3, -0.25) is 13.6 Å². The molecule has 10 heteroatoms.